The molecule has 1 amide bonds. The number of imidazole rings is 1. The van der Waals surface area contributed by atoms with E-state index in [-0.39, 0.29) is 5.91 Å². The van der Waals surface area contributed by atoms with E-state index in [4.69, 9.17) is 0 Å². The molecule has 4 rings (SSSR count). The van der Waals surface area contributed by atoms with Gasteiger partial charge in [0.05, 0.1) is 23.1 Å². The molecule has 2 N–H and O–H groups in total. The molecule has 3 aromatic heterocycles. The molecule has 25 heavy (non-hydrogen) atoms. The number of fused-ring (bicyclic) bond motifs is 1. The first-order chi connectivity index (χ1) is 12.3. The molecule has 0 atom stereocenters. The lowest BCUT2D eigenvalue weighted by Gasteiger charge is -2.07. The van der Waals surface area contributed by atoms with E-state index in [0.717, 1.165) is 27.9 Å². The fraction of sp³-hybridized carbons (Fsp3) is 0.0526. The molecule has 1 aromatic carbocycles. The highest BCUT2D eigenvalue weighted by Gasteiger charge is 2.08. The normalized spacial score (nSPS) is 10.7. The van der Waals surface area contributed by atoms with Crippen molar-refractivity contribution >= 4 is 16.9 Å². The first-order valence-corrected chi connectivity index (χ1v) is 7.86. The van der Waals surface area contributed by atoms with Crippen LogP contribution in [0, 0.1) is 0 Å². The molecule has 0 aliphatic rings. The van der Waals surface area contributed by atoms with Gasteiger partial charge in [0.15, 0.2) is 0 Å². The van der Waals surface area contributed by atoms with Gasteiger partial charge < -0.3 is 10.3 Å². The zero-order chi connectivity index (χ0) is 17.1. The Bertz CT molecular complexity index is 1030. The number of hydrogen-bond acceptors (Lipinski definition) is 4. The van der Waals surface area contributed by atoms with Gasteiger partial charge in [-0.1, -0.05) is 0 Å². The van der Waals surface area contributed by atoms with Crippen molar-refractivity contribution in [2.45, 2.75) is 6.54 Å². The molecule has 0 saturated heterocycles. The Morgan fingerprint density at radius 1 is 1.08 bits per heavy atom. The predicted octanol–water partition coefficient (Wildman–Crippen LogP) is 2.95. The summed E-state index contributed by atoms with van der Waals surface area (Å²) >= 11 is 0. The highest BCUT2D eigenvalue weighted by molar-refractivity contribution is 5.97. The molecule has 0 aliphatic carbocycles. The highest BCUT2D eigenvalue weighted by atomic mass is 16.1. The van der Waals surface area contributed by atoms with E-state index < -0.39 is 0 Å². The molecule has 122 valence electrons. The lowest BCUT2D eigenvalue weighted by molar-refractivity contribution is 0.0951. The summed E-state index contributed by atoms with van der Waals surface area (Å²) in [6, 6.07) is 13.1. The smallest absolute Gasteiger partial charge is 0.251 e. The van der Waals surface area contributed by atoms with Crippen molar-refractivity contribution < 1.29 is 4.79 Å². The van der Waals surface area contributed by atoms with Crippen molar-refractivity contribution in [1.82, 2.24) is 25.3 Å². The van der Waals surface area contributed by atoms with Crippen LogP contribution in [0.4, 0.5) is 0 Å². The van der Waals surface area contributed by atoms with Gasteiger partial charge in [-0.15, -0.1) is 0 Å². The number of carbonyl (C=O) groups is 1. The van der Waals surface area contributed by atoms with Gasteiger partial charge in [-0.2, -0.15) is 0 Å². The monoisotopic (exact) mass is 329 g/mol. The van der Waals surface area contributed by atoms with Crippen molar-refractivity contribution in [3.63, 3.8) is 0 Å². The van der Waals surface area contributed by atoms with Gasteiger partial charge in [0.1, 0.15) is 0 Å². The van der Waals surface area contributed by atoms with Crippen LogP contribution in [0.5, 0.6) is 0 Å². The van der Waals surface area contributed by atoms with E-state index in [1.807, 2.05) is 30.3 Å². The molecule has 0 spiro atoms. The maximum atomic E-state index is 12.4. The molecule has 0 saturated carbocycles. The minimum atomic E-state index is -0.128. The second kappa shape index (κ2) is 6.52. The minimum absolute atomic E-state index is 0.128. The topological polar surface area (TPSA) is 83.6 Å². The Balaban J connectivity index is 1.48. The van der Waals surface area contributed by atoms with E-state index in [9.17, 15) is 4.79 Å². The van der Waals surface area contributed by atoms with Crippen LogP contribution in [0.15, 0.2) is 67.4 Å². The Hall–Kier alpha value is -3.54. The van der Waals surface area contributed by atoms with Crippen molar-refractivity contribution in [3.05, 3.63) is 78.5 Å². The minimum Gasteiger partial charge on any atom is -0.348 e. The average Bonchev–Trinajstić information content (AvgIpc) is 3.15. The number of H-pyrrole nitrogens is 1. The summed E-state index contributed by atoms with van der Waals surface area (Å²) in [5.74, 6) is -0.128. The summed E-state index contributed by atoms with van der Waals surface area (Å²) in [6.07, 6.45) is 6.85. The standard InChI is InChI=1S/C19H15N5O/c25-19(14-3-4-16-18(9-14)24-12-23-16)22-10-13-5-7-21-17(8-13)15-2-1-6-20-11-15/h1-9,11-12H,10H2,(H,22,25)(H,23,24). The molecule has 0 radical (unpaired) electrons. The van der Waals surface area contributed by atoms with Crippen molar-refractivity contribution in [2.75, 3.05) is 0 Å². The molecular weight excluding hydrogens is 314 g/mol. The number of rotatable bonds is 4. The van der Waals surface area contributed by atoms with Crippen LogP contribution >= 0.6 is 0 Å². The van der Waals surface area contributed by atoms with Crippen LogP contribution in [0.3, 0.4) is 0 Å². The zero-order valence-corrected chi connectivity index (χ0v) is 13.3. The largest absolute Gasteiger partial charge is 0.348 e. The molecule has 6 heteroatoms. The molecule has 0 aliphatic heterocycles. The van der Waals surface area contributed by atoms with Crippen LogP contribution < -0.4 is 5.32 Å². The van der Waals surface area contributed by atoms with Gasteiger partial charge in [-0.05, 0) is 48.0 Å². The maximum Gasteiger partial charge on any atom is 0.251 e. The number of nitrogens with zero attached hydrogens (tertiary/aromatic N) is 3. The van der Waals surface area contributed by atoms with Gasteiger partial charge in [0, 0.05) is 36.3 Å². The zero-order valence-electron chi connectivity index (χ0n) is 13.3. The number of benzene rings is 1. The SMILES string of the molecule is O=C(NCc1ccnc(-c2cccnc2)c1)c1ccc2nc[nH]c2c1. The lowest BCUT2D eigenvalue weighted by atomic mass is 10.1. The maximum absolute atomic E-state index is 12.4. The number of pyridine rings is 2. The van der Waals surface area contributed by atoms with Crippen molar-refractivity contribution in [3.8, 4) is 11.3 Å². The van der Waals surface area contributed by atoms with Gasteiger partial charge >= 0.3 is 0 Å². The second-order valence-electron chi connectivity index (χ2n) is 5.61. The number of nitrogens with one attached hydrogen (secondary N) is 2. The first-order valence-electron chi connectivity index (χ1n) is 7.86. The van der Waals surface area contributed by atoms with E-state index in [0.29, 0.717) is 12.1 Å². The number of aromatic amines is 1. The third kappa shape index (κ3) is 3.23. The van der Waals surface area contributed by atoms with E-state index in [1.165, 1.54) is 0 Å². The van der Waals surface area contributed by atoms with Crippen molar-refractivity contribution in [1.29, 1.82) is 0 Å². The predicted molar refractivity (Wildman–Crippen MR) is 94.7 cm³/mol. The Kier molecular flexibility index (Phi) is 3.92. The Morgan fingerprint density at radius 2 is 2.04 bits per heavy atom. The van der Waals surface area contributed by atoms with Crippen LogP contribution in [0.25, 0.3) is 22.3 Å². The quantitative estimate of drug-likeness (QED) is 0.603. The summed E-state index contributed by atoms with van der Waals surface area (Å²) < 4.78 is 0. The molecule has 6 nitrogen and oxygen atoms in total. The third-order valence-electron chi connectivity index (χ3n) is 3.92. The summed E-state index contributed by atoms with van der Waals surface area (Å²) in [5, 5.41) is 2.93. The fourth-order valence-electron chi connectivity index (χ4n) is 2.62. The number of carbonyl (C=O) groups excluding carboxylic acids is 1. The average molecular weight is 329 g/mol. The fourth-order valence-corrected chi connectivity index (χ4v) is 2.62. The summed E-state index contributed by atoms with van der Waals surface area (Å²) in [7, 11) is 0. The molecular formula is C19H15N5O. The molecule has 0 bridgehead atoms. The molecule has 0 fully saturated rings. The first kappa shape index (κ1) is 15.0. The highest BCUT2D eigenvalue weighted by Crippen LogP contribution is 2.16. The lowest BCUT2D eigenvalue weighted by Crippen LogP contribution is -2.22. The number of hydrogen-bond donors (Lipinski definition) is 2. The number of aromatic nitrogens is 4. The van der Waals surface area contributed by atoms with Gasteiger partial charge in [-0.25, -0.2) is 4.98 Å². The number of amides is 1. The van der Waals surface area contributed by atoms with E-state index in [1.54, 1.807) is 37.1 Å². The van der Waals surface area contributed by atoms with Gasteiger partial charge in [0.2, 0.25) is 0 Å². The van der Waals surface area contributed by atoms with Crippen LogP contribution in [0.1, 0.15) is 15.9 Å². The third-order valence-corrected chi connectivity index (χ3v) is 3.92. The molecule has 3 heterocycles. The van der Waals surface area contributed by atoms with Crippen LogP contribution in [0.2, 0.25) is 0 Å². The Morgan fingerprint density at radius 3 is 2.92 bits per heavy atom. The van der Waals surface area contributed by atoms with Crippen molar-refractivity contribution in [2.24, 2.45) is 0 Å². The van der Waals surface area contributed by atoms with Gasteiger partial charge in [-0.3, -0.25) is 14.8 Å². The van der Waals surface area contributed by atoms with E-state index >= 15 is 0 Å². The summed E-state index contributed by atoms with van der Waals surface area (Å²) in [6.45, 7) is 0.426. The van der Waals surface area contributed by atoms with Crippen LogP contribution in [-0.2, 0) is 6.54 Å². The molecule has 0 unspecified atom stereocenters. The van der Waals surface area contributed by atoms with E-state index in [2.05, 4.69) is 25.3 Å². The second-order valence-corrected chi connectivity index (χ2v) is 5.61. The van der Waals surface area contributed by atoms with Gasteiger partial charge in [0.25, 0.3) is 5.91 Å². The van der Waals surface area contributed by atoms with Crippen LogP contribution in [-0.4, -0.2) is 25.8 Å². The molecule has 4 aromatic rings. The Labute approximate surface area is 144 Å². The summed E-state index contributed by atoms with van der Waals surface area (Å²) in [5.41, 5.74) is 5.03. The summed E-state index contributed by atoms with van der Waals surface area (Å²) in [4.78, 5) is 28.0.